The summed E-state index contributed by atoms with van der Waals surface area (Å²) in [5, 5.41) is 5.77. The van der Waals surface area contributed by atoms with Crippen LogP contribution in [-0.2, 0) is 9.59 Å². The third-order valence-electron chi connectivity index (χ3n) is 3.47. The highest BCUT2D eigenvalue weighted by atomic mass is 35.5. The lowest BCUT2D eigenvalue weighted by Gasteiger charge is -2.13. The molecule has 4 amide bonds. The molecule has 0 saturated carbocycles. The summed E-state index contributed by atoms with van der Waals surface area (Å²) in [6.07, 6.45) is 2.48. The molecule has 0 aliphatic carbocycles. The second-order valence-electron chi connectivity index (χ2n) is 5.22. The van der Waals surface area contributed by atoms with Crippen LogP contribution >= 0.6 is 23.4 Å². The van der Waals surface area contributed by atoms with Gasteiger partial charge in [0.25, 0.3) is 5.91 Å². The second kappa shape index (κ2) is 7.70. The van der Waals surface area contributed by atoms with E-state index in [2.05, 4.69) is 10.6 Å². The number of hydrogen-bond acceptors (Lipinski definition) is 4. The molecular formula is C15H18ClN3O3S. The number of amides is 4. The van der Waals surface area contributed by atoms with Crippen molar-refractivity contribution in [2.75, 3.05) is 23.9 Å². The van der Waals surface area contributed by atoms with E-state index in [-0.39, 0.29) is 12.5 Å². The maximum atomic E-state index is 12.1. The SMILES string of the molecule is CSCC[C@@H]1NC(=O)N(CC(=O)Nc2ccc(C)c(Cl)c2)C1=O. The smallest absolute Gasteiger partial charge is 0.325 e. The Bertz CT molecular complexity index is 638. The van der Waals surface area contributed by atoms with E-state index in [1.807, 2.05) is 13.2 Å². The summed E-state index contributed by atoms with van der Waals surface area (Å²) in [5.74, 6) is -0.0430. The molecule has 6 nitrogen and oxygen atoms in total. The maximum absolute atomic E-state index is 12.1. The highest BCUT2D eigenvalue weighted by molar-refractivity contribution is 7.98. The van der Waals surface area contributed by atoms with Gasteiger partial charge in [-0.3, -0.25) is 14.5 Å². The molecule has 1 atom stereocenters. The van der Waals surface area contributed by atoms with Crippen LogP contribution in [0, 0.1) is 6.92 Å². The number of imide groups is 1. The van der Waals surface area contributed by atoms with Crippen LogP contribution in [0.3, 0.4) is 0 Å². The van der Waals surface area contributed by atoms with Gasteiger partial charge in [-0.05, 0) is 43.0 Å². The number of aryl methyl sites for hydroxylation is 1. The Kier molecular flexibility index (Phi) is 5.90. The van der Waals surface area contributed by atoms with Crippen molar-refractivity contribution >= 4 is 46.9 Å². The van der Waals surface area contributed by atoms with Crippen LogP contribution in [0.1, 0.15) is 12.0 Å². The topological polar surface area (TPSA) is 78.5 Å². The number of benzene rings is 1. The van der Waals surface area contributed by atoms with Crippen LogP contribution in [0.5, 0.6) is 0 Å². The van der Waals surface area contributed by atoms with Crippen LogP contribution < -0.4 is 10.6 Å². The van der Waals surface area contributed by atoms with Gasteiger partial charge in [-0.2, -0.15) is 11.8 Å². The number of nitrogens with one attached hydrogen (secondary N) is 2. The molecule has 1 aliphatic rings. The molecule has 2 rings (SSSR count). The zero-order valence-electron chi connectivity index (χ0n) is 12.9. The van der Waals surface area contributed by atoms with Gasteiger partial charge in [-0.15, -0.1) is 0 Å². The number of thioether (sulfide) groups is 1. The summed E-state index contributed by atoms with van der Waals surface area (Å²) >= 11 is 7.60. The van der Waals surface area contributed by atoms with E-state index in [0.717, 1.165) is 16.2 Å². The summed E-state index contributed by atoms with van der Waals surface area (Å²) in [7, 11) is 0. The molecule has 8 heteroatoms. The quantitative estimate of drug-likeness (QED) is 0.767. The Balaban J connectivity index is 1.95. The summed E-state index contributed by atoms with van der Waals surface area (Å²) < 4.78 is 0. The molecule has 1 aliphatic heterocycles. The van der Waals surface area contributed by atoms with E-state index in [1.165, 1.54) is 0 Å². The molecule has 23 heavy (non-hydrogen) atoms. The lowest BCUT2D eigenvalue weighted by molar-refractivity contribution is -0.130. The zero-order valence-corrected chi connectivity index (χ0v) is 14.5. The van der Waals surface area contributed by atoms with Crippen LogP contribution in [0.15, 0.2) is 18.2 Å². The summed E-state index contributed by atoms with van der Waals surface area (Å²) in [6, 6.07) is 4.05. The van der Waals surface area contributed by atoms with E-state index in [1.54, 1.807) is 30.0 Å². The highest BCUT2D eigenvalue weighted by Crippen LogP contribution is 2.20. The Morgan fingerprint density at radius 3 is 2.83 bits per heavy atom. The first-order valence-electron chi connectivity index (χ1n) is 7.09. The molecule has 0 radical (unpaired) electrons. The zero-order chi connectivity index (χ0) is 17.0. The fourth-order valence-electron chi connectivity index (χ4n) is 2.17. The standard InChI is InChI=1S/C15H18ClN3O3S/c1-9-3-4-10(7-11(9)16)17-13(20)8-19-14(21)12(5-6-23-2)18-15(19)22/h3-4,7,12H,5-6,8H2,1-2H3,(H,17,20)(H,18,22)/t12-/m0/s1. The Labute approximate surface area is 143 Å². The fraction of sp³-hybridized carbons (Fsp3) is 0.400. The van der Waals surface area contributed by atoms with Gasteiger partial charge in [0, 0.05) is 10.7 Å². The first-order valence-corrected chi connectivity index (χ1v) is 8.86. The van der Waals surface area contributed by atoms with Crippen molar-refractivity contribution < 1.29 is 14.4 Å². The highest BCUT2D eigenvalue weighted by Gasteiger charge is 2.38. The normalized spacial score (nSPS) is 17.3. The second-order valence-corrected chi connectivity index (χ2v) is 6.61. The molecule has 1 saturated heterocycles. The van der Waals surface area contributed by atoms with Crippen LogP contribution in [0.4, 0.5) is 10.5 Å². The molecule has 1 aromatic carbocycles. The maximum Gasteiger partial charge on any atom is 0.325 e. The van der Waals surface area contributed by atoms with E-state index in [4.69, 9.17) is 11.6 Å². The molecule has 1 fully saturated rings. The molecule has 124 valence electrons. The first-order chi connectivity index (χ1) is 10.9. The summed E-state index contributed by atoms with van der Waals surface area (Å²) in [4.78, 5) is 37.0. The predicted molar refractivity (Wildman–Crippen MR) is 91.9 cm³/mol. The molecule has 2 N–H and O–H groups in total. The van der Waals surface area contributed by atoms with Gasteiger partial charge in [-0.25, -0.2) is 4.79 Å². The lowest BCUT2D eigenvalue weighted by Crippen LogP contribution is -2.38. The van der Waals surface area contributed by atoms with Crippen molar-refractivity contribution in [3.63, 3.8) is 0 Å². The van der Waals surface area contributed by atoms with Crippen LogP contribution in [-0.4, -0.2) is 47.3 Å². The number of rotatable bonds is 6. The number of urea groups is 1. The Hall–Kier alpha value is -1.73. The van der Waals surface area contributed by atoms with Gasteiger partial charge >= 0.3 is 6.03 Å². The Morgan fingerprint density at radius 2 is 2.17 bits per heavy atom. The molecule has 1 heterocycles. The number of anilines is 1. The van der Waals surface area contributed by atoms with Gasteiger partial charge < -0.3 is 10.6 Å². The van der Waals surface area contributed by atoms with E-state index in [9.17, 15) is 14.4 Å². The van der Waals surface area contributed by atoms with Crippen molar-refractivity contribution in [2.24, 2.45) is 0 Å². The molecule has 0 bridgehead atoms. The van der Waals surface area contributed by atoms with Crippen molar-refractivity contribution in [3.05, 3.63) is 28.8 Å². The minimum atomic E-state index is -0.545. The third kappa shape index (κ3) is 4.39. The van der Waals surface area contributed by atoms with E-state index < -0.39 is 18.0 Å². The number of hydrogen-bond donors (Lipinski definition) is 2. The third-order valence-corrected chi connectivity index (χ3v) is 4.53. The molecule has 0 unspecified atom stereocenters. The van der Waals surface area contributed by atoms with Crippen LogP contribution in [0.25, 0.3) is 0 Å². The number of halogens is 1. The van der Waals surface area contributed by atoms with Gasteiger partial charge in [0.2, 0.25) is 5.91 Å². The Morgan fingerprint density at radius 1 is 1.43 bits per heavy atom. The number of carbonyl (C=O) groups is 3. The van der Waals surface area contributed by atoms with E-state index >= 15 is 0 Å². The molecule has 0 aromatic heterocycles. The van der Waals surface area contributed by atoms with Gasteiger partial charge in [-0.1, -0.05) is 17.7 Å². The number of carbonyl (C=O) groups excluding carboxylic acids is 3. The van der Waals surface area contributed by atoms with Gasteiger partial charge in [0.1, 0.15) is 12.6 Å². The minimum absolute atomic E-state index is 0.314. The van der Waals surface area contributed by atoms with Crippen molar-refractivity contribution in [2.45, 2.75) is 19.4 Å². The molecule has 1 aromatic rings. The minimum Gasteiger partial charge on any atom is -0.326 e. The average molecular weight is 356 g/mol. The van der Waals surface area contributed by atoms with Crippen molar-refractivity contribution in [3.8, 4) is 0 Å². The van der Waals surface area contributed by atoms with E-state index in [0.29, 0.717) is 17.1 Å². The van der Waals surface area contributed by atoms with Crippen molar-refractivity contribution in [1.29, 1.82) is 0 Å². The lowest BCUT2D eigenvalue weighted by atomic mass is 10.2. The number of nitrogens with zero attached hydrogens (tertiary/aromatic N) is 1. The largest absolute Gasteiger partial charge is 0.326 e. The molecular weight excluding hydrogens is 338 g/mol. The molecule has 0 spiro atoms. The first kappa shape index (κ1) is 17.6. The summed E-state index contributed by atoms with van der Waals surface area (Å²) in [5.41, 5.74) is 1.42. The van der Waals surface area contributed by atoms with Gasteiger partial charge in [0.15, 0.2) is 0 Å². The average Bonchev–Trinajstić information content (AvgIpc) is 2.76. The monoisotopic (exact) mass is 355 g/mol. The van der Waals surface area contributed by atoms with Gasteiger partial charge in [0.05, 0.1) is 0 Å². The predicted octanol–water partition coefficient (Wildman–Crippen LogP) is 2.26. The van der Waals surface area contributed by atoms with Crippen LogP contribution in [0.2, 0.25) is 5.02 Å². The van der Waals surface area contributed by atoms with Crippen molar-refractivity contribution in [1.82, 2.24) is 10.2 Å². The summed E-state index contributed by atoms with van der Waals surface area (Å²) in [6.45, 7) is 1.54. The fourth-order valence-corrected chi connectivity index (χ4v) is 2.82.